The lowest BCUT2D eigenvalue weighted by Crippen LogP contribution is -2.72. The fourth-order valence-electron chi connectivity index (χ4n) is 3.08. The van der Waals surface area contributed by atoms with E-state index in [9.17, 15) is 27.9 Å². The van der Waals surface area contributed by atoms with Gasteiger partial charge in [0, 0.05) is 15.6 Å². The van der Waals surface area contributed by atoms with E-state index < -0.39 is 35.7 Å². The molecule has 1 fully saturated rings. The molecule has 0 radical (unpaired) electrons. The summed E-state index contributed by atoms with van der Waals surface area (Å²) in [4.78, 5) is 24.9. The van der Waals surface area contributed by atoms with Crippen molar-refractivity contribution in [3.05, 3.63) is 69.7 Å². The van der Waals surface area contributed by atoms with Gasteiger partial charge in [0.25, 0.3) is 0 Å². The average Bonchev–Trinajstić information content (AvgIpc) is 2.61. The third-order valence-electron chi connectivity index (χ3n) is 4.45. The molecular formula is C18H13Cl2F3N2O3. The number of hydrogen-bond acceptors (Lipinski definition) is 3. The van der Waals surface area contributed by atoms with Crippen LogP contribution in [0.2, 0.25) is 10.0 Å². The van der Waals surface area contributed by atoms with Gasteiger partial charge in [-0.05, 0) is 42.0 Å². The molecule has 2 aromatic carbocycles. The highest BCUT2D eigenvalue weighted by Crippen LogP contribution is 2.44. The fraction of sp³-hybridized carbons (Fsp3) is 0.222. The second kappa shape index (κ2) is 7.27. The van der Waals surface area contributed by atoms with E-state index >= 15 is 0 Å². The average molecular weight is 433 g/mol. The Morgan fingerprint density at radius 2 is 1.50 bits per heavy atom. The number of Topliss-reactive ketones (excluding diaryl/α,β-unsaturated/α-hetero) is 1. The molecule has 1 aliphatic rings. The molecule has 3 atom stereocenters. The summed E-state index contributed by atoms with van der Waals surface area (Å²) < 4.78 is 41.3. The van der Waals surface area contributed by atoms with Gasteiger partial charge < -0.3 is 15.7 Å². The van der Waals surface area contributed by atoms with Gasteiger partial charge in [0.15, 0.2) is 5.78 Å². The Morgan fingerprint density at radius 1 is 1.00 bits per heavy atom. The topological polar surface area (TPSA) is 78.4 Å². The lowest BCUT2D eigenvalue weighted by Gasteiger charge is -2.45. The zero-order valence-corrected chi connectivity index (χ0v) is 15.4. The number of urea groups is 1. The van der Waals surface area contributed by atoms with Crippen molar-refractivity contribution in [2.24, 2.45) is 5.92 Å². The Balaban J connectivity index is 2.15. The number of alkyl halides is 3. The Bertz CT molecular complexity index is 904. The maximum absolute atomic E-state index is 13.8. The zero-order chi connectivity index (χ0) is 20.7. The molecule has 1 saturated heterocycles. The molecule has 10 heteroatoms. The first-order valence-electron chi connectivity index (χ1n) is 7.96. The summed E-state index contributed by atoms with van der Waals surface area (Å²) in [6, 6.07) is 8.01. The van der Waals surface area contributed by atoms with Crippen LogP contribution in [0.5, 0.6) is 0 Å². The predicted octanol–water partition coefficient (Wildman–Crippen LogP) is 4.10. The number of rotatable bonds is 3. The Morgan fingerprint density at radius 3 is 2.00 bits per heavy atom. The van der Waals surface area contributed by atoms with E-state index in [1.807, 2.05) is 0 Å². The first kappa shape index (κ1) is 20.4. The van der Waals surface area contributed by atoms with Crippen LogP contribution in [0.15, 0.2) is 48.5 Å². The highest BCUT2D eigenvalue weighted by atomic mass is 35.5. The quantitative estimate of drug-likeness (QED) is 0.638. The minimum absolute atomic E-state index is 0.103. The molecule has 1 heterocycles. The van der Waals surface area contributed by atoms with E-state index in [4.69, 9.17) is 23.2 Å². The molecule has 3 rings (SSSR count). The van der Waals surface area contributed by atoms with Crippen molar-refractivity contribution in [1.82, 2.24) is 10.6 Å². The zero-order valence-electron chi connectivity index (χ0n) is 13.9. The minimum atomic E-state index is -5.32. The van der Waals surface area contributed by atoms with E-state index in [1.54, 1.807) is 0 Å². The maximum atomic E-state index is 13.8. The molecular weight excluding hydrogens is 420 g/mol. The second-order valence-corrected chi connectivity index (χ2v) is 7.11. The van der Waals surface area contributed by atoms with Gasteiger partial charge in [0.2, 0.25) is 5.72 Å². The molecule has 0 aliphatic carbocycles. The van der Waals surface area contributed by atoms with Crippen molar-refractivity contribution in [1.29, 1.82) is 0 Å². The maximum Gasteiger partial charge on any atom is 0.437 e. The van der Waals surface area contributed by atoms with E-state index in [0.29, 0.717) is 5.02 Å². The number of halogens is 5. The van der Waals surface area contributed by atoms with E-state index in [-0.39, 0.29) is 16.1 Å². The summed E-state index contributed by atoms with van der Waals surface area (Å²) in [5.41, 5.74) is -3.71. The monoisotopic (exact) mass is 432 g/mol. The Labute approximate surface area is 167 Å². The number of ketones is 1. The number of amides is 2. The van der Waals surface area contributed by atoms with Crippen LogP contribution in [0, 0.1) is 5.92 Å². The fourth-order valence-corrected chi connectivity index (χ4v) is 3.33. The van der Waals surface area contributed by atoms with Crippen molar-refractivity contribution in [3.8, 4) is 0 Å². The van der Waals surface area contributed by atoms with Crippen LogP contribution in [-0.4, -0.2) is 28.8 Å². The molecule has 5 nitrogen and oxygen atoms in total. The highest BCUT2D eigenvalue weighted by molar-refractivity contribution is 6.30. The van der Waals surface area contributed by atoms with Gasteiger partial charge in [-0.25, -0.2) is 4.79 Å². The molecule has 0 aromatic heterocycles. The summed E-state index contributed by atoms with van der Waals surface area (Å²) in [6.07, 6.45) is -5.32. The molecule has 1 aliphatic heterocycles. The normalized spacial score (nSPS) is 25.0. The molecule has 28 heavy (non-hydrogen) atoms. The van der Waals surface area contributed by atoms with Crippen LogP contribution in [0.25, 0.3) is 0 Å². The van der Waals surface area contributed by atoms with Crippen LogP contribution < -0.4 is 10.6 Å². The molecule has 2 aromatic rings. The van der Waals surface area contributed by atoms with E-state index in [0.717, 1.165) is 0 Å². The summed E-state index contributed by atoms with van der Waals surface area (Å²) in [5.74, 6) is -3.13. The SMILES string of the molecule is O=C1N[C@@H](c2ccc(Cl)cc2)[C@H](C(=O)c2ccc(Cl)cc2)[C@](O)(C(F)(F)F)N1. The second-order valence-electron chi connectivity index (χ2n) is 6.24. The molecule has 0 saturated carbocycles. The van der Waals surface area contributed by atoms with Crippen molar-refractivity contribution in [2.45, 2.75) is 17.9 Å². The van der Waals surface area contributed by atoms with Crippen LogP contribution in [0.3, 0.4) is 0 Å². The number of carbonyl (C=O) groups is 2. The number of nitrogens with one attached hydrogen (secondary N) is 2. The van der Waals surface area contributed by atoms with Gasteiger partial charge in [-0.1, -0.05) is 35.3 Å². The summed E-state index contributed by atoms with van der Waals surface area (Å²) in [6.45, 7) is 0. The molecule has 148 valence electrons. The summed E-state index contributed by atoms with van der Waals surface area (Å²) >= 11 is 11.6. The minimum Gasteiger partial charge on any atom is -0.363 e. The molecule has 0 spiro atoms. The van der Waals surface area contributed by atoms with Gasteiger partial charge >= 0.3 is 12.2 Å². The van der Waals surface area contributed by atoms with E-state index in [1.165, 1.54) is 53.8 Å². The summed E-state index contributed by atoms with van der Waals surface area (Å²) in [5, 5.41) is 14.8. The molecule has 0 bridgehead atoms. The summed E-state index contributed by atoms with van der Waals surface area (Å²) in [7, 11) is 0. The van der Waals surface area contributed by atoms with Crippen molar-refractivity contribution in [2.75, 3.05) is 0 Å². The first-order chi connectivity index (χ1) is 13.0. The van der Waals surface area contributed by atoms with Crippen LogP contribution in [0.1, 0.15) is 22.0 Å². The number of carbonyl (C=O) groups excluding carboxylic acids is 2. The lowest BCUT2D eigenvalue weighted by molar-refractivity contribution is -0.287. The van der Waals surface area contributed by atoms with Gasteiger partial charge in [0.05, 0.1) is 6.04 Å². The van der Waals surface area contributed by atoms with Crippen LogP contribution in [0.4, 0.5) is 18.0 Å². The van der Waals surface area contributed by atoms with E-state index in [2.05, 4.69) is 5.32 Å². The largest absolute Gasteiger partial charge is 0.437 e. The number of hydrogen-bond donors (Lipinski definition) is 3. The van der Waals surface area contributed by atoms with Gasteiger partial charge in [-0.3, -0.25) is 4.79 Å². The smallest absolute Gasteiger partial charge is 0.363 e. The standard InChI is InChI=1S/C18H13Cl2F3N2O3/c19-11-5-1-9(2-6-11)14-13(15(26)10-3-7-12(20)8-4-10)17(28,18(21,22)23)25-16(27)24-14/h1-8,13-14,28H,(H2,24,25,27)/t13-,14+,17+/m1/s1. The number of aliphatic hydroxyl groups is 1. The number of benzene rings is 2. The first-order valence-corrected chi connectivity index (χ1v) is 8.71. The molecule has 2 amide bonds. The van der Waals surface area contributed by atoms with Crippen molar-refractivity contribution >= 4 is 35.0 Å². The third-order valence-corrected chi connectivity index (χ3v) is 4.95. The highest BCUT2D eigenvalue weighted by Gasteiger charge is 2.66. The van der Waals surface area contributed by atoms with Crippen molar-refractivity contribution in [3.63, 3.8) is 0 Å². The van der Waals surface area contributed by atoms with Gasteiger partial charge in [-0.2, -0.15) is 13.2 Å². The van der Waals surface area contributed by atoms with Gasteiger partial charge in [0.1, 0.15) is 5.92 Å². The lowest BCUT2D eigenvalue weighted by atomic mass is 9.77. The molecule has 3 N–H and O–H groups in total. The predicted molar refractivity (Wildman–Crippen MR) is 96.1 cm³/mol. The van der Waals surface area contributed by atoms with Crippen molar-refractivity contribution < 1.29 is 27.9 Å². The third kappa shape index (κ3) is 3.67. The Hall–Kier alpha value is -2.29. The van der Waals surface area contributed by atoms with Gasteiger partial charge in [-0.15, -0.1) is 0 Å². The van der Waals surface area contributed by atoms with Crippen LogP contribution >= 0.6 is 23.2 Å². The Kier molecular flexibility index (Phi) is 5.31. The molecule has 0 unspecified atom stereocenters. The van der Waals surface area contributed by atoms with Crippen LogP contribution in [-0.2, 0) is 0 Å².